The summed E-state index contributed by atoms with van der Waals surface area (Å²) in [6, 6.07) is 3.67. The van der Waals surface area contributed by atoms with Gasteiger partial charge in [0, 0.05) is 37.3 Å². The predicted octanol–water partition coefficient (Wildman–Crippen LogP) is 1.15. The number of rotatable bonds is 4. The van der Waals surface area contributed by atoms with Crippen molar-refractivity contribution in [2.24, 2.45) is 0 Å². The van der Waals surface area contributed by atoms with Gasteiger partial charge in [0.15, 0.2) is 0 Å². The lowest BCUT2D eigenvalue weighted by molar-refractivity contribution is -0.129. The highest BCUT2D eigenvalue weighted by molar-refractivity contribution is 5.95. The van der Waals surface area contributed by atoms with Gasteiger partial charge in [0.05, 0.1) is 0 Å². The zero-order chi connectivity index (χ0) is 14.5. The standard InChI is InChI=1S/C14H18FN3O2/c15-11-7-10(8-12(16)9-11)14(20)17-4-3-13(19)18-5-1-2-6-18/h7-9H,1-6,16H2,(H,17,20). The Bertz CT molecular complexity index is 493. The van der Waals surface area contributed by atoms with E-state index in [4.69, 9.17) is 5.73 Å². The normalized spacial score (nSPS) is 14.3. The lowest BCUT2D eigenvalue weighted by Gasteiger charge is -2.15. The predicted molar refractivity (Wildman–Crippen MR) is 73.6 cm³/mol. The van der Waals surface area contributed by atoms with Crippen molar-refractivity contribution in [1.29, 1.82) is 0 Å². The molecule has 1 aromatic carbocycles. The van der Waals surface area contributed by atoms with Crippen molar-refractivity contribution in [2.45, 2.75) is 19.3 Å². The number of nitrogens with two attached hydrogens (primary N) is 1. The van der Waals surface area contributed by atoms with E-state index in [1.54, 1.807) is 4.90 Å². The molecule has 0 aliphatic carbocycles. The minimum atomic E-state index is -0.553. The van der Waals surface area contributed by atoms with E-state index in [0.717, 1.165) is 38.1 Å². The Labute approximate surface area is 116 Å². The number of hydrogen-bond donors (Lipinski definition) is 2. The number of anilines is 1. The van der Waals surface area contributed by atoms with E-state index in [0.29, 0.717) is 0 Å². The van der Waals surface area contributed by atoms with Crippen LogP contribution >= 0.6 is 0 Å². The largest absolute Gasteiger partial charge is 0.399 e. The van der Waals surface area contributed by atoms with E-state index in [-0.39, 0.29) is 30.1 Å². The first-order chi connectivity index (χ1) is 9.56. The summed E-state index contributed by atoms with van der Waals surface area (Å²) in [6.07, 6.45) is 2.35. The average molecular weight is 279 g/mol. The monoisotopic (exact) mass is 279 g/mol. The summed E-state index contributed by atoms with van der Waals surface area (Å²) < 4.78 is 13.1. The van der Waals surface area contributed by atoms with E-state index >= 15 is 0 Å². The lowest BCUT2D eigenvalue weighted by Crippen LogP contribution is -2.32. The van der Waals surface area contributed by atoms with Gasteiger partial charge in [-0.15, -0.1) is 0 Å². The highest BCUT2D eigenvalue weighted by Gasteiger charge is 2.17. The number of benzene rings is 1. The minimum Gasteiger partial charge on any atom is -0.399 e. The Morgan fingerprint density at radius 2 is 1.95 bits per heavy atom. The second kappa shape index (κ2) is 6.36. The highest BCUT2D eigenvalue weighted by Crippen LogP contribution is 2.11. The molecule has 108 valence electrons. The molecule has 6 heteroatoms. The Morgan fingerprint density at radius 3 is 2.60 bits per heavy atom. The molecular weight excluding hydrogens is 261 g/mol. The van der Waals surface area contributed by atoms with Crippen molar-refractivity contribution < 1.29 is 14.0 Å². The van der Waals surface area contributed by atoms with Crippen molar-refractivity contribution in [3.63, 3.8) is 0 Å². The Balaban J connectivity index is 1.81. The first kappa shape index (κ1) is 14.3. The molecular formula is C14H18FN3O2. The third-order valence-electron chi connectivity index (χ3n) is 3.27. The van der Waals surface area contributed by atoms with Crippen LogP contribution in [0.25, 0.3) is 0 Å². The first-order valence-electron chi connectivity index (χ1n) is 6.68. The zero-order valence-corrected chi connectivity index (χ0v) is 11.2. The molecule has 2 amide bonds. The van der Waals surface area contributed by atoms with Gasteiger partial charge in [-0.3, -0.25) is 9.59 Å². The summed E-state index contributed by atoms with van der Waals surface area (Å²) in [4.78, 5) is 25.4. The molecule has 1 fully saturated rings. The maximum absolute atomic E-state index is 13.1. The number of hydrogen-bond acceptors (Lipinski definition) is 3. The molecule has 3 N–H and O–H groups in total. The number of carbonyl (C=O) groups excluding carboxylic acids is 2. The van der Waals surface area contributed by atoms with Gasteiger partial charge in [0.25, 0.3) is 5.91 Å². The molecule has 0 spiro atoms. The molecule has 2 rings (SSSR count). The van der Waals surface area contributed by atoms with Gasteiger partial charge in [0.2, 0.25) is 5.91 Å². The third-order valence-corrected chi connectivity index (χ3v) is 3.27. The van der Waals surface area contributed by atoms with Crippen LogP contribution in [0.5, 0.6) is 0 Å². The van der Waals surface area contributed by atoms with Crippen molar-refractivity contribution in [2.75, 3.05) is 25.4 Å². The molecule has 1 aliphatic rings. The van der Waals surface area contributed by atoms with Crippen LogP contribution in [0.15, 0.2) is 18.2 Å². The Hall–Kier alpha value is -2.11. The molecule has 0 saturated carbocycles. The number of nitrogens with one attached hydrogen (secondary N) is 1. The fraction of sp³-hybridized carbons (Fsp3) is 0.429. The van der Waals surface area contributed by atoms with Crippen LogP contribution in [0, 0.1) is 5.82 Å². The quantitative estimate of drug-likeness (QED) is 0.812. The van der Waals surface area contributed by atoms with Gasteiger partial charge in [-0.25, -0.2) is 4.39 Å². The van der Waals surface area contributed by atoms with Gasteiger partial charge in [0.1, 0.15) is 5.82 Å². The van der Waals surface area contributed by atoms with Crippen LogP contribution in [0.1, 0.15) is 29.6 Å². The molecule has 0 bridgehead atoms. The maximum atomic E-state index is 13.1. The molecule has 1 aromatic rings. The van der Waals surface area contributed by atoms with E-state index in [1.165, 1.54) is 6.07 Å². The second-order valence-electron chi connectivity index (χ2n) is 4.87. The van der Waals surface area contributed by atoms with Crippen LogP contribution in [-0.2, 0) is 4.79 Å². The number of carbonyl (C=O) groups is 2. The SMILES string of the molecule is Nc1cc(F)cc(C(=O)NCCC(=O)N2CCCC2)c1. The van der Waals surface area contributed by atoms with Crippen LogP contribution in [0.3, 0.4) is 0 Å². The molecule has 0 radical (unpaired) electrons. The molecule has 5 nitrogen and oxygen atoms in total. The van der Waals surface area contributed by atoms with E-state index in [2.05, 4.69) is 5.32 Å². The number of halogens is 1. The maximum Gasteiger partial charge on any atom is 0.251 e. The molecule has 0 atom stereocenters. The molecule has 1 aliphatic heterocycles. The molecule has 1 saturated heterocycles. The van der Waals surface area contributed by atoms with Gasteiger partial charge in [-0.1, -0.05) is 0 Å². The van der Waals surface area contributed by atoms with E-state index in [9.17, 15) is 14.0 Å². The number of amides is 2. The molecule has 1 heterocycles. The van der Waals surface area contributed by atoms with Crippen molar-refractivity contribution in [3.05, 3.63) is 29.6 Å². The Kier molecular flexibility index (Phi) is 4.55. The van der Waals surface area contributed by atoms with Crippen molar-refractivity contribution >= 4 is 17.5 Å². The van der Waals surface area contributed by atoms with Crippen molar-refractivity contribution in [3.8, 4) is 0 Å². The zero-order valence-electron chi connectivity index (χ0n) is 11.2. The van der Waals surface area contributed by atoms with Crippen LogP contribution in [0.4, 0.5) is 10.1 Å². The highest BCUT2D eigenvalue weighted by atomic mass is 19.1. The smallest absolute Gasteiger partial charge is 0.251 e. The Morgan fingerprint density at radius 1 is 1.25 bits per heavy atom. The van der Waals surface area contributed by atoms with Gasteiger partial charge in [-0.05, 0) is 31.0 Å². The topological polar surface area (TPSA) is 75.4 Å². The summed E-state index contributed by atoms with van der Waals surface area (Å²) in [7, 11) is 0. The summed E-state index contributed by atoms with van der Waals surface area (Å²) in [6.45, 7) is 1.84. The first-order valence-corrected chi connectivity index (χ1v) is 6.68. The van der Waals surface area contributed by atoms with Gasteiger partial charge < -0.3 is 16.0 Å². The third kappa shape index (κ3) is 3.69. The molecule has 0 unspecified atom stereocenters. The van der Waals surface area contributed by atoms with Crippen LogP contribution in [0.2, 0.25) is 0 Å². The van der Waals surface area contributed by atoms with E-state index < -0.39 is 11.7 Å². The van der Waals surface area contributed by atoms with Crippen LogP contribution in [-0.4, -0.2) is 36.3 Å². The molecule has 20 heavy (non-hydrogen) atoms. The van der Waals surface area contributed by atoms with E-state index in [1.807, 2.05) is 0 Å². The van der Waals surface area contributed by atoms with Gasteiger partial charge in [-0.2, -0.15) is 0 Å². The summed E-state index contributed by atoms with van der Waals surface area (Å²) >= 11 is 0. The fourth-order valence-corrected chi connectivity index (χ4v) is 2.25. The number of nitrogens with zero attached hydrogens (tertiary/aromatic N) is 1. The average Bonchev–Trinajstić information content (AvgIpc) is 2.91. The minimum absolute atomic E-state index is 0.0431. The summed E-state index contributed by atoms with van der Waals surface area (Å²) in [5.74, 6) is -0.935. The fourth-order valence-electron chi connectivity index (χ4n) is 2.25. The van der Waals surface area contributed by atoms with Crippen LogP contribution < -0.4 is 11.1 Å². The summed E-state index contributed by atoms with van der Waals surface area (Å²) in [5.41, 5.74) is 5.84. The van der Waals surface area contributed by atoms with Gasteiger partial charge >= 0.3 is 0 Å². The lowest BCUT2D eigenvalue weighted by atomic mass is 10.2. The molecule has 0 aromatic heterocycles. The number of nitrogen functional groups attached to an aromatic ring is 1. The van der Waals surface area contributed by atoms with Crippen molar-refractivity contribution in [1.82, 2.24) is 10.2 Å². The number of likely N-dealkylation sites (tertiary alicyclic amines) is 1. The second-order valence-corrected chi connectivity index (χ2v) is 4.87. The summed E-state index contributed by atoms with van der Waals surface area (Å²) in [5, 5.41) is 2.60.